The van der Waals surface area contributed by atoms with Crippen LogP contribution in [0, 0.1) is 0 Å². The molecule has 0 aliphatic carbocycles. The van der Waals surface area contributed by atoms with E-state index < -0.39 is 0 Å². The van der Waals surface area contributed by atoms with Crippen LogP contribution in [0.1, 0.15) is 30.7 Å². The second-order valence-corrected chi connectivity index (χ2v) is 3.79. The number of aromatic nitrogens is 2. The Morgan fingerprint density at radius 1 is 1.38 bits per heavy atom. The molecule has 4 heteroatoms. The zero-order valence-corrected chi connectivity index (χ0v) is 9.52. The summed E-state index contributed by atoms with van der Waals surface area (Å²) in [6.45, 7) is 3.60. The molecule has 4 nitrogen and oxygen atoms in total. The van der Waals surface area contributed by atoms with E-state index >= 15 is 0 Å². The maximum absolute atomic E-state index is 5.56. The SMILES string of the molecule is CCCn1ccnc1Cc1ccc(CN)o1. The lowest BCUT2D eigenvalue weighted by molar-refractivity contribution is 0.468. The van der Waals surface area contributed by atoms with Gasteiger partial charge >= 0.3 is 0 Å². The molecule has 16 heavy (non-hydrogen) atoms. The Morgan fingerprint density at radius 3 is 2.88 bits per heavy atom. The highest BCUT2D eigenvalue weighted by atomic mass is 16.3. The Morgan fingerprint density at radius 2 is 2.19 bits per heavy atom. The van der Waals surface area contributed by atoms with Crippen LogP contribution in [0.15, 0.2) is 28.9 Å². The summed E-state index contributed by atoms with van der Waals surface area (Å²) in [6.07, 6.45) is 5.67. The summed E-state index contributed by atoms with van der Waals surface area (Å²) in [7, 11) is 0. The first-order valence-electron chi connectivity index (χ1n) is 5.61. The Bertz CT molecular complexity index is 445. The predicted molar refractivity (Wildman–Crippen MR) is 61.9 cm³/mol. The van der Waals surface area contributed by atoms with E-state index in [4.69, 9.17) is 10.2 Å². The number of hydrogen-bond acceptors (Lipinski definition) is 3. The number of imidazole rings is 1. The van der Waals surface area contributed by atoms with Crippen molar-refractivity contribution in [2.24, 2.45) is 5.73 Å². The van der Waals surface area contributed by atoms with Gasteiger partial charge in [0.1, 0.15) is 17.3 Å². The number of hydrogen-bond donors (Lipinski definition) is 1. The second-order valence-electron chi connectivity index (χ2n) is 3.79. The number of nitrogens with two attached hydrogens (primary N) is 1. The molecule has 2 aromatic rings. The minimum atomic E-state index is 0.448. The van der Waals surface area contributed by atoms with Gasteiger partial charge in [0.15, 0.2) is 0 Å². The molecule has 0 atom stereocenters. The summed E-state index contributed by atoms with van der Waals surface area (Å²) in [5.74, 6) is 2.78. The molecule has 2 rings (SSSR count). The smallest absolute Gasteiger partial charge is 0.117 e. The van der Waals surface area contributed by atoms with E-state index in [1.165, 1.54) is 0 Å². The Kier molecular flexibility index (Phi) is 3.41. The van der Waals surface area contributed by atoms with Gasteiger partial charge in [-0.2, -0.15) is 0 Å². The van der Waals surface area contributed by atoms with Gasteiger partial charge in [-0.05, 0) is 18.6 Å². The van der Waals surface area contributed by atoms with Crippen molar-refractivity contribution >= 4 is 0 Å². The van der Waals surface area contributed by atoms with Crippen molar-refractivity contribution < 1.29 is 4.42 Å². The van der Waals surface area contributed by atoms with Crippen LogP contribution in [0.4, 0.5) is 0 Å². The van der Waals surface area contributed by atoms with Crippen LogP contribution in [-0.2, 0) is 19.5 Å². The van der Waals surface area contributed by atoms with Crippen molar-refractivity contribution in [3.63, 3.8) is 0 Å². The van der Waals surface area contributed by atoms with Crippen LogP contribution in [0.2, 0.25) is 0 Å². The molecule has 2 aromatic heterocycles. The standard InChI is InChI=1S/C12H17N3O/c1-2-6-15-7-5-14-12(15)8-10-3-4-11(9-13)16-10/h3-5,7H,2,6,8-9,13H2,1H3. The summed E-state index contributed by atoms with van der Waals surface area (Å²) < 4.78 is 7.72. The summed E-state index contributed by atoms with van der Waals surface area (Å²) in [5, 5.41) is 0. The molecule has 0 unspecified atom stereocenters. The molecule has 0 radical (unpaired) electrons. The van der Waals surface area contributed by atoms with Crippen molar-refractivity contribution in [1.29, 1.82) is 0 Å². The molecule has 0 amide bonds. The summed E-state index contributed by atoms with van der Waals surface area (Å²) >= 11 is 0. The lowest BCUT2D eigenvalue weighted by Crippen LogP contribution is -2.02. The fraction of sp³-hybridized carbons (Fsp3) is 0.417. The third kappa shape index (κ3) is 2.33. The number of rotatable bonds is 5. The zero-order valence-electron chi connectivity index (χ0n) is 9.52. The minimum absolute atomic E-state index is 0.448. The maximum Gasteiger partial charge on any atom is 0.117 e. The first-order valence-corrected chi connectivity index (χ1v) is 5.61. The highest BCUT2D eigenvalue weighted by Crippen LogP contribution is 2.12. The van der Waals surface area contributed by atoms with E-state index in [1.54, 1.807) is 0 Å². The highest BCUT2D eigenvalue weighted by Gasteiger charge is 2.06. The molecule has 0 aromatic carbocycles. The van der Waals surface area contributed by atoms with E-state index in [1.807, 2.05) is 24.5 Å². The number of furan rings is 1. The van der Waals surface area contributed by atoms with Gasteiger partial charge < -0.3 is 14.7 Å². The Labute approximate surface area is 95.1 Å². The van der Waals surface area contributed by atoms with E-state index in [9.17, 15) is 0 Å². The van der Waals surface area contributed by atoms with Crippen molar-refractivity contribution in [2.75, 3.05) is 0 Å². The van der Waals surface area contributed by atoms with Gasteiger partial charge in [-0.15, -0.1) is 0 Å². The normalized spacial score (nSPS) is 10.9. The molecule has 0 aliphatic rings. The Hall–Kier alpha value is -1.55. The van der Waals surface area contributed by atoms with E-state index in [0.717, 1.165) is 36.7 Å². The van der Waals surface area contributed by atoms with Crippen molar-refractivity contribution in [1.82, 2.24) is 9.55 Å². The second kappa shape index (κ2) is 4.99. The highest BCUT2D eigenvalue weighted by molar-refractivity contribution is 5.12. The quantitative estimate of drug-likeness (QED) is 0.836. The first-order chi connectivity index (χ1) is 7.83. The van der Waals surface area contributed by atoms with E-state index in [-0.39, 0.29) is 0 Å². The molecule has 2 N–H and O–H groups in total. The molecule has 0 saturated carbocycles. The van der Waals surface area contributed by atoms with Crippen LogP contribution in [0.25, 0.3) is 0 Å². The van der Waals surface area contributed by atoms with Gasteiger partial charge in [-0.25, -0.2) is 4.98 Å². The molecule has 2 heterocycles. The lowest BCUT2D eigenvalue weighted by atomic mass is 10.3. The molecule has 0 saturated heterocycles. The largest absolute Gasteiger partial charge is 0.464 e. The lowest BCUT2D eigenvalue weighted by Gasteiger charge is -2.04. The monoisotopic (exact) mass is 219 g/mol. The maximum atomic E-state index is 5.56. The first kappa shape index (κ1) is 11.0. The van der Waals surface area contributed by atoms with Crippen LogP contribution in [0.3, 0.4) is 0 Å². The van der Waals surface area contributed by atoms with E-state index in [2.05, 4.69) is 16.5 Å². The molecule has 86 valence electrons. The molecule has 0 aliphatic heterocycles. The van der Waals surface area contributed by atoms with Gasteiger partial charge in [0.05, 0.1) is 13.0 Å². The van der Waals surface area contributed by atoms with E-state index in [0.29, 0.717) is 6.54 Å². The van der Waals surface area contributed by atoms with Crippen LogP contribution in [0.5, 0.6) is 0 Å². The molecular formula is C12H17N3O. The predicted octanol–water partition coefficient (Wildman–Crippen LogP) is 1.94. The molecule has 0 spiro atoms. The van der Waals surface area contributed by atoms with Gasteiger partial charge in [0.2, 0.25) is 0 Å². The van der Waals surface area contributed by atoms with Crippen LogP contribution in [-0.4, -0.2) is 9.55 Å². The fourth-order valence-electron chi connectivity index (χ4n) is 1.73. The van der Waals surface area contributed by atoms with Crippen molar-refractivity contribution in [3.05, 3.63) is 41.9 Å². The molecule has 0 fully saturated rings. The molecular weight excluding hydrogens is 202 g/mol. The third-order valence-electron chi connectivity index (χ3n) is 2.52. The Balaban J connectivity index is 2.10. The average molecular weight is 219 g/mol. The minimum Gasteiger partial charge on any atom is -0.464 e. The van der Waals surface area contributed by atoms with Crippen molar-refractivity contribution in [3.8, 4) is 0 Å². The summed E-state index contributed by atoms with van der Waals surface area (Å²) in [4.78, 5) is 4.34. The number of nitrogens with zero attached hydrogens (tertiary/aromatic N) is 2. The van der Waals surface area contributed by atoms with Gasteiger partial charge in [0, 0.05) is 18.9 Å². The average Bonchev–Trinajstić information content (AvgIpc) is 2.90. The van der Waals surface area contributed by atoms with Gasteiger partial charge in [-0.1, -0.05) is 6.92 Å². The molecule has 0 bridgehead atoms. The fourth-order valence-corrected chi connectivity index (χ4v) is 1.73. The third-order valence-corrected chi connectivity index (χ3v) is 2.52. The van der Waals surface area contributed by atoms with Crippen LogP contribution < -0.4 is 5.73 Å². The topological polar surface area (TPSA) is 57.0 Å². The zero-order chi connectivity index (χ0) is 11.4. The van der Waals surface area contributed by atoms with Crippen LogP contribution >= 0.6 is 0 Å². The summed E-state index contributed by atoms with van der Waals surface area (Å²) in [5.41, 5.74) is 5.50. The number of aryl methyl sites for hydroxylation is 1. The van der Waals surface area contributed by atoms with Gasteiger partial charge in [0.25, 0.3) is 0 Å². The van der Waals surface area contributed by atoms with Crippen molar-refractivity contribution in [2.45, 2.75) is 32.9 Å². The van der Waals surface area contributed by atoms with Gasteiger partial charge in [-0.3, -0.25) is 0 Å². The summed E-state index contributed by atoms with van der Waals surface area (Å²) in [6, 6.07) is 3.88.